The molecule has 162 valence electrons. The molecule has 1 unspecified atom stereocenters. The Kier molecular flexibility index (Phi) is 5.35. The molecule has 5 nitrogen and oxygen atoms in total. The quantitative estimate of drug-likeness (QED) is 0.403. The number of anilines is 1. The predicted octanol–water partition coefficient (Wildman–Crippen LogP) is 5.58. The van der Waals surface area contributed by atoms with Crippen LogP contribution in [-0.4, -0.2) is 29.1 Å². The van der Waals surface area contributed by atoms with E-state index in [1.807, 2.05) is 18.2 Å². The lowest BCUT2D eigenvalue weighted by Gasteiger charge is -2.20. The van der Waals surface area contributed by atoms with Gasteiger partial charge in [-0.1, -0.05) is 53.6 Å². The molecule has 1 saturated heterocycles. The molecule has 0 bridgehead atoms. The number of para-hydroxylation sites is 2. The number of benzene rings is 3. The van der Waals surface area contributed by atoms with E-state index in [0.717, 1.165) is 16.9 Å². The van der Waals surface area contributed by atoms with Crippen molar-refractivity contribution in [3.8, 4) is 5.75 Å². The van der Waals surface area contributed by atoms with Gasteiger partial charge in [0.25, 0.3) is 0 Å². The second-order valence-electron chi connectivity index (χ2n) is 8.25. The SMILES string of the molecule is COc1ccc(Cl)cc1N1CC(c2nc3ccccc3n2Cc2ccc(C)cc2)CC1=O. The highest BCUT2D eigenvalue weighted by atomic mass is 35.5. The van der Waals surface area contributed by atoms with Crippen LogP contribution in [0.1, 0.15) is 29.3 Å². The number of hydrogen-bond acceptors (Lipinski definition) is 3. The van der Waals surface area contributed by atoms with Gasteiger partial charge < -0.3 is 14.2 Å². The van der Waals surface area contributed by atoms with Gasteiger partial charge in [-0.2, -0.15) is 0 Å². The molecule has 0 saturated carbocycles. The number of rotatable bonds is 5. The monoisotopic (exact) mass is 445 g/mol. The molecular weight excluding hydrogens is 422 g/mol. The number of methoxy groups -OCH3 is 1. The molecule has 0 aliphatic carbocycles. The van der Waals surface area contributed by atoms with Crippen molar-refractivity contribution in [2.75, 3.05) is 18.6 Å². The second kappa shape index (κ2) is 8.32. The van der Waals surface area contributed by atoms with Gasteiger partial charge in [-0.3, -0.25) is 4.79 Å². The molecule has 1 amide bonds. The van der Waals surface area contributed by atoms with Crippen LogP contribution in [0.4, 0.5) is 5.69 Å². The van der Waals surface area contributed by atoms with E-state index < -0.39 is 0 Å². The molecule has 32 heavy (non-hydrogen) atoms. The molecule has 0 spiro atoms. The van der Waals surface area contributed by atoms with Gasteiger partial charge in [-0.25, -0.2) is 4.98 Å². The topological polar surface area (TPSA) is 47.4 Å². The molecule has 1 atom stereocenters. The summed E-state index contributed by atoms with van der Waals surface area (Å²) in [5.41, 5.74) is 5.17. The Balaban J connectivity index is 1.53. The number of aryl methyl sites for hydroxylation is 1. The zero-order chi connectivity index (χ0) is 22.2. The largest absolute Gasteiger partial charge is 0.495 e. The van der Waals surface area contributed by atoms with Crippen molar-refractivity contribution in [3.05, 3.63) is 88.7 Å². The normalized spacial score (nSPS) is 16.2. The summed E-state index contributed by atoms with van der Waals surface area (Å²) in [5, 5.41) is 0.573. The minimum absolute atomic E-state index is 0.0240. The highest BCUT2D eigenvalue weighted by Crippen LogP contribution is 2.38. The fourth-order valence-corrected chi connectivity index (χ4v) is 4.60. The van der Waals surface area contributed by atoms with Crippen LogP contribution in [0, 0.1) is 6.92 Å². The van der Waals surface area contributed by atoms with Crippen molar-refractivity contribution < 1.29 is 9.53 Å². The van der Waals surface area contributed by atoms with Crippen LogP contribution < -0.4 is 9.64 Å². The summed E-state index contributed by atoms with van der Waals surface area (Å²) in [6, 6.07) is 22.0. The number of carbonyl (C=O) groups excluding carboxylic acids is 1. The van der Waals surface area contributed by atoms with E-state index in [1.54, 1.807) is 30.2 Å². The van der Waals surface area contributed by atoms with Gasteiger partial charge >= 0.3 is 0 Å². The Morgan fingerprint density at radius 2 is 1.88 bits per heavy atom. The zero-order valence-corrected chi connectivity index (χ0v) is 18.8. The van der Waals surface area contributed by atoms with Gasteiger partial charge in [0.15, 0.2) is 0 Å². The smallest absolute Gasteiger partial charge is 0.227 e. The molecular formula is C26H24ClN3O2. The van der Waals surface area contributed by atoms with Gasteiger partial charge in [-0.05, 0) is 42.8 Å². The molecule has 5 rings (SSSR count). The zero-order valence-electron chi connectivity index (χ0n) is 18.1. The number of hydrogen-bond donors (Lipinski definition) is 0. The first-order valence-electron chi connectivity index (χ1n) is 10.7. The average molecular weight is 446 g/mol. The lowest BCUT2D eigenvalue weighted by atomic mass is 10.1. The predicted molar refractivity (Wildman–Crippen MR) is 128 cm³/mol. The van der Waals surface area contributed by atoms with E-state index >= 15 is 0 Å². The first-order valence-corrected chi connectivity index (χ1v) is 11.1. The van der Waals surface area contributed by atoms with Crippen molar-refractivity contribution in [1.29, 1.82) is 0 Å². The maximum Gasteiger partial charge on any atom is 0.227 e. The standard InChI is InChI=1S/C26H24ClN3O2/c1-17-7-9-18(10-8-17)15-30-22-6-4-3-5-21(22)28-26(30)19-13-25(31)29(16-19)23-14-20(27)11-12-24(23)32-2/h3-12,14,19H,13,15-16H2,1-2H3. The van der Waals surface area contributed by atoms with Gasteiger partial charge in [0, 0.05) is 30.5 Å². The summed E-state index contributed by atoms with van der Waals surface area (Å²) in [6.45, 7) is 3.33. The number of ether oxygens (including phenoxy) is 1. The van der Waals surface area contributed by atoms with Gasteiger partial charge in [-0.15, -0.1) is 0 Å². The Labute approximate surface area is 192 Å². The molecule has 0 radical (unpaired) electrons. The summed E-state index contributed by atoms with van der Waals surface area (Å²) in [7, 11) is 1.60. The van der Waals surface area contributed by atoms with Crippen molar-refractivity contribution >= 4 is 34.2 Å². The number of fused-ring (bicyclic) bond motifs is 1. The summed E-state index contributed by atoms with van der Waals surface area (Å²) >= 11 is 6.22. The number of nitrogens with zero attached hydrogens (tertiary/aromatic N) is 3. The Morgan fingerprint density at radius 1 is 1.09 bits per heavy atom. The fourth-order valence-electron chi connectivity index (χ4n) is 4.44. The van der Waals surface area contributed by atoms with Crippen LogP contribution in [0.3, 0.4) is 0 Å². The maximum atomic E-state index is 13.1. The summed E-state index contributed by atoms with van der Waals surface area (Å²) in [5.74, 6) is 1.59. The van der Waals surface area contributed by atoms with E-state index in [9.17, 15) is 4.79 Å². The maximum absolute atomic E-state index is 13.1. The Bertz CT molecular complexity index is 1300. The van der Waals surface area contributed by atoms with Crippen molar-refractivity contribution in [2.24, 2.45) is 0 Å². The lowest BCUT2D eigenvalue weighted by Crippen LogP contribution is -2.25. The third kappa shape index (κ3) is 3.73. The fraction of sp³-hybridized carbons (Fsp3) is 0.231. The molecule has 1 fully saturated rings. The third-order valence-corrected chi connectivity index (χ3v) is 6.30. The molecule has 2 heterocycles. The average Bonchev–Trinajstić information content (AvgIpc) is 3.36. The Hall–Kier alpha value is -3.31. The van der Waals surface area contributed by atoms with Gasteiger partial charge in [0.05, 0.1) is 23.8 Å². The third-order valence-electron chi connectivity index (χ3n) is 6.07. The molecule has 1 aromatic heterocycles. The van der Waals surface area contributed by atoms with E-state index in [2.05, 4.69) is 41.8 Å². The van der Waals surface area contributed by atoms with Crippen LogP contribution in [0.15, 0.2) is 66.7 Å². The van der Waals surface area contributed by atoms with Crippen molar-refractivity contribution in [1.82, 2.24) is 9.55 Å². The molecule has 0 N–H and O–H groups in total. The molecule has 4 aromatic rings. The number of aromatic nitrogens is 2. The minimum Gasteiger partial charge on any atom is -0.495 e. The molecule has 3 aromatic carbocycles. The minimum atomic E-state index is -0.0240. The number of halogens is 1. The van der Waals surface area contributed by atoms with E-state index in [-0.39, 0.29) is 11.8 Å². The van der Waals surface area contributed by atoms with Crippen molar-refractivity contribution in [2.45, 2.75) is 25.8 Å². The highest BCUT2D eigenvalue weighted by Gasteiger charge is 2.36. The summed E-state index contributed by atoms with van der Waals surface area (Å²) in [4.78, 5) is 19.8. The molecule has 1 aliphatic rings. The van der Waals surface area contributed by atoms with E-state index in [0.29, 0.717) is 36.0 Å². The second-order valence-corrected chi connectivity index (χ2v) is 8.69. The number of carbonyl (C=O) groups is 1. The first kappa shape index (κ1) is 20.6. The van der Waals surface area contributed by atoms with Crippen molar-refractivity contribution in [3.63, 3.8) is 0 Å². The molecule has 1 aliphatic heterocycles. The number of amides is 1. The van der Waals surface area contributed by atoms with E-state index in [4.69, 9.17) is 21.3 Å². The van der Waals surface area contributed by atoms with Crippen LogP contribution in [-0.2, 0) is 11.3 Å². The lowest BCUT2D eigenvalue weighted by molar-refractivity contribution is -0.117. The van der Waals surface area contributed by atoms with Crippen LogP contribution in [0.5, 0.6) is 5.75 Å². The Morgan fingerprint density at radius 3 is 2.66 bits per heavy atom. The first-order chi connectivity index (χ1) is 15.5. The number of imidazole rings is 1. The van der Waals surface area contributed by atoms with Crippen LogP contribution >= 0.6 is 11.6 Å². The summed E-state index contributed by atoms with van der Waals surface area (Å²) < 4.78 is 7.74. The van der Waals surface area contributed by atoms with E-state index in [1.165, 1.54) is 11.1 Å². The highest BCUT2D eigenvalue weighted by molar-refractivity contribution is 6.31. The summed E-state index contributed by atoms with van der Waals surface area (Å²) in [6.07, 6.45) is 0.396. The van der Waals surface area contributed by atoms with Gasteiger partial charge in [0.2, 0.25) is 5.91 Å². The van der Waals surface area contributed by atoms with Crippen LogP contribution in [0.2, 0.25) is 5.02 Å². The van der Waals surface area contributed by atoms with Gasteiger partial charge in [0.1, 0.15) is 11.6 Å². The molecule has 6 heteroatoms. The van der Waals surface area contributed by atoms with Crippen LogP contribution in [0.25, 0.3) is 11.0 Å².